The predicted octanol–water partition coefficient (Wildman–Crippen LogP) is 11.3. The molecule has 0 bridgehead atoms. The van der Waals surface area contributed by atoms with E-state index in [2.05, 4.69) is 39.8 Å². The van der Waals surface area contributed by atoms with E-state index in [9.17, 15) is 19.0 Å². The second-order valence-corrected chi connectivity index (χ2v) is 18.2. The van der Waals surface area contributed by atoms with Crippen LogP contribution in [0.25, 0.3) is 0 Å². The van der Waals surface area contributed by atoms with E-state index in [0.717, 1.165) is 31.3 Å². The van der Waals surface area contributed by atoms with E-state index in [1.807, 2.05) is 40.2 Å². The van der Waals surface area contributed by atoms with Crippen LogP contribution in [0.3, 0.4) is 0 Å². The van der Waals surface area contributed by atoms with Crippen molar-refractivity contribution in [3.8, 4) is 0 Å². The third kappa shape index (κ3) is 25.7. The minimum atomic E-state index is -4.43. The second-order valence-electron chi connectivity index (χ2n) is 16.8. The van der Waals surface area contributed by atoms with Gasteiger partial charge in [-0.05, 0) is 63.0 Å². The molecule has 0 spiro atoms. The predicted molar refractivity (Wildman–Crippen MR) is 222 cm³/mol. The lowest BCUT2D eigenvalue weighted by molar-refractivity contribution is -0.870. The van der Waals surface area contributed by atoms with Crippen LogP contribution in [0.15, 0.2) is 58.7 Å². The number of unbranched alkanes of at least 4 members (excludes halogenated alkanes) is 12. The lowest BCUT2D eigenvalue weighted by Gasteiger charge is -2.32. The molecular weight excluding hydrogens is 701 g/mol. The Kier molecular flexibility index (Phi) is 25.2. The molecule has 1 aliphatic rings. The molecule has 0 fully saturated rings. The molecule has 10 heteroatoms. The van der Waals surface area contributed by atoms with Gasteiger partial charge >= 0.3 is 19.8 Å². The number of phosphoric acid groups is 1. The van der Waals surface area contributed by atoms with Crippen molar-refractivity contribution in [1.29, 1.82) is 0 Å². The molecule has 0 saturated heterocycles. The SMILES string of the molecule is CCCCCCCCCCCCCCCC(=O)OC[C@H](COP(=O)(O)OCC[N+](C)(C)C)OC(=O)C=C(C)C=CC=C(C)C=CC1=C(C)CCCC1(C)C. The number of carbonyl (C=O) groups excluding carboxylic acids is 2. The third-order valence-corrected chi connectivity index (χ3v) is 10.7. The summed E-state index contributed by atoms with van der Waals surface area (Å²) >= 11 is 0. The van der Waals surface area contributed by atoms with Gasteiger partial charge in [0.15, 0.2) is 6.10 Å². The van der Waals surface area contributed by atoms with Gasteiger partial charge in [0.1, 0.15) is 19.8 Å². The van der Waals surface area contributed by atoms with Gasteiger partial charge in [0.2, 0.25) is 0 Å². The van der Waals surface area contributed by atoms with Crippen molar-refractivity contribution in [1.82, 2.24) is 0 Å². The zero-order valence-electron chi connectivity index (χ0n) is 35.6. The standard InChI is InChI=1S/C44H76NO8P/c1-10-11-12-13-14-15-16-17-18-19-20-21-22-28-42(46)50-35-40(36-52-54(48,49)51-33-32-45(7,8)9)53-43(47)34-38(3)26-23-25-37(2)29-30-41-39(4)27-24-31-44(41,5)6/h23,25-26,29-30,34,40H,10-22,24,27-28,31-33,35-36H2,1-9H3/p+1/t40-/m1/s1. The number of phosphoric ester groups is 1. The van der Waals surface area contributed by atoms with Gasteiger partial charge in [0.05, 0.1) is 27.7 Å². The molecule has 1 N–H and O–H groups in total. The Bertz CT molecular complexity index is 1300. The highest BCUT2D eigenvalue weighted by molar-refractivity contribution is 7.47. The van der Waals surface area contributed by atoms with Crippen molar-refractivity contribution in [3.63, 3.8) is 0 Å². The number of ether oxygens (including phenoxy) is 2. The minimum absolute atomic E-state index is 0.00329. The van der Waals surface area contributed by atoms with Gasteiger partial charge in [0.25, 0.3) is 0 Å². The Balaban J connectivity index is 2.66. The molecular formula is C44H77NO8P+. The molecule has 0 heterocycles. The van der Waals surface area contributed by atoms with E-state index in [-0.39, 0.29) is 25.0 Å². The summed E-state index contributed by atoms with van der Waals surface area (Å²) in [6.07, 6.45) is 29.8. The van der Waals surface area contributed by atoms with Crippen LogP contribution in [0, 0.1) is 5.41 Å². The Labute approximate surface area is 329 Å². The maximum atomic E-state index is 12.9. The molecule has 1 rings (SSSR count). The lowest BCUT2D eigenvalue weighted by Crippen LogP contribution is -2.37. The average Bonchev–Trinajstić information content (AvgIpc) is 3.06. The molecule has 0 aromatic heterocycles. The second kappa shape index (κ2) is 27.3. The first-order chi connectivity index (χ1) is 25.4. The minimum Gasteiger partial charge on any atom is -0.462 e. The molecule has 1 unspecified atom stereocenters. The molecule has 0 amide bonds. The summed E-state index contributed by atoms with van der Waals surface area (Å²) in [6, 6.07) is 0. The van der Waals surface area contributed by atoms with Crippen LogP contribution in [-0.4, -0.2) is 74.9 Å². The summed E-state index contributed by atoms with van der Waals surface area (Å²) in [6.45, 7) is 12.6. The molecule has 54 heavy (non-hydrogen) atoms. The lowest BCUT2D eigenvalue weighted by atomic mass is 9.72. The fourth-order valence-corrected chi connectivity index (χ4v) is 7.11. The summed E-state index contributed by atoms with van der Waals surface area (Å²) in [4.78, 5) is 35.6. The fourth-order valence-electron chi connectivity index (χ4n) is 6.37. The highest BCUT2D eigenvalue weighted by Crippen LogP contribution is 2.43. The van der Waals surface area contributed by atoms with E-state index in [4.69, 9.17) is 18.5 Å². The van der Waals surface area contributed by atoms with Crippen LogP contribution in [0.4, 0.5) is 0 Å². The first-order valence-corrected chi connectivity index (χ1v) is 22.1. The zero-order chi connectivity index (χ0) is 40.5. The normalized spacial score (nSPS) is 17.3. The molecule has 2 atom stereocenters. The van der Waals surface area contributed by atoms with E-state index in [1.165, 1.54) is 94.3 Å². The number of likely N-dealkylation sites (N-methyl/N-ethyl adjacent to an activating group) is 1. The van der Waals surface area contributed by atoms with Crippen molar-refractivity contribution in [2.24, 2.45) is 5.41 Å². The number of hydrogen-bond acceptors (Lipinski definition) is 7. The van der Waals surface area contributed by atoms with E-state index >= 15 is 0 Å². The molecule has 0 saturated carbocycles. The van der Waals surface area contributed by atoms with Gasteiger partial charge in [0, 0.05) is 12.5 Å². The number of esters is 2. The first kappa shape index (κ1) is 49.7. The Morgan fingerprint density at radius 1 is 0.870 bits per heavy atom. The van der Waals surface area contributed by atoms with Gasteiger partial charge in [-0.2, -0.15) is 0 Å². The monoisotopic (exact) mass is 779 g/mol. The van der Waals surface area contributed by atoms with Crippen LogP contribution >= 0.6 is 7.82 Å². The smallest absolute Gasteiger partial charge is 0.462 e. The number of nitrogens with zero attached hydrogens (tertiary/aromatic N) is 1. The highest BCUT2D eigenvalue weighted by Gasteiger charge is 2.27. The molecule has 0 aromatic carbocycles. The summed E-state index contributed by atoms with van der Waals surface area (Å²) < 4.78 is 34.3. The summed E-state index contributed by atoms with van der Waals surface area (Å²) in [7, 11) is 1.38. The Morgan fingerprint density at radius 3 is 2.04 bits per heavy atom. The van der Waals surface area contributed by atoms with Crippen molar-refractivity contribution in [3.05, 3.63) is 58.7 Å². The topological polar surface area (TPSA) is 108 Å². The number of hydrogen-bond donors (Lipinski definition) is 1. The first-order valence-electron chi connectivity index (χ1n) is 20.6. The van der Waals surface area contributed by atoms with Gasteiger partial charge in [-0.3, -0.25) is 13.8 Å². The number of quaternary nitrogens is 1. The number of carbonyl (C=O) groups is 2. The van der Waals surface area contributed by atoms with E-state index in [1.54, 1.807) is 13.0 Å². The van der Waals surface area contributed by atoms with Crippen molar-refractivity contribution >= 4 is 19.8 Å². The van der Waals surface area contributed by atoms with Crippen LogP contribution < -0.4 is 0 Å². The van der Waals surface area contributed by atoms with E-state index in [0.29, 0.717) is 16.6 Å². The Hall–Kier alpha value is -2.29. The van der Waals surface area contributed by atoms with Gasteiger partial charge < -0.3 is 18.9 Å². The summed E-state index contributed by atoms with van der Waals surface area (Å²) in [5.41, 5.74) is 4.76. The number of allylic oxidation sites excluding steroid dienone is 9. The molecule has 0 aliphatic heterocycles. The molecule has 1 aliphatic carbocycles. The summed E-state index contributed by atoms with van der Waals surface area (Å²) in [5, 5.41) is 0. The van der Waals surface area contributed by atoms with Crippen LogP contribution in [0.5, 0.6) is 0 Å². The van der Waals surface area contributed by atoms with Crippen molar-refractivity contribution in [2.75, 3.05) is 47.5 Å². The average molecular weight is 779 g/mol. The van der Waals surface area contributed by atoms with Crippen LogP contribution in [-0.2, 0) is 32.7 Å². The molecule has 0 radical (unpaired) electrons. The quantitative estimate of drug-likeness (QED) is 0.0200. The largest absolute Gasteiger partial charge is 0.472 e. The van der Waals surface area contributed by atoms with E-state index < -0.39 is 32.5 Å². The highest BCUT2D eigenvalue weighted by atomic mass is 31.2. The van der Waals surface area contributed by atoms with Gasteiger partial charge in [-0.15, -0.1) is 0 Å². The van der Waals surface area contributed by atoms with Crippen molar-refractivity contribution in [2.45, 2.75) is 157 Å². The third-order valence-electron chi connectivity index (χ3n) is 9.76. The molecule has 310 valence electrons. The Morgan fingerprint density at radius 2 is 1.46 bits per heavy atom. The molecule has 0 aromatic rings. The molecule has 9 nitrogen and oxygen atoms in total. The van der Waals surface area contributed by atoms with Crippen LogP contribution in [0.1, 0.15) is 151 Å². The maximum Gasteiger partial charge on any atom is 0.472 e. The van der Waals surface area contributed by atoms with Crippen molar-refractivity contribution < 1.29 is 42.1 Å². The fraction of sp³-hybridized carbons (Fsp3) is 0.727. The maximum absolute atomic E-state index is 12.9. The zero-order valence-corrected chi connectivity index (χ0v) is 36.5. The summed E-state index contributed by atoms with van der Waals surface area (Å²) in [5.74, 6) is -1.09. The number of rotatable bonds is 29. The van der Waals surface area contributed by atoms with Crippen LogP contribution in [0.2, 0.25) is 0 Å². The van der Waals surface area contributed by atoms with Gasteiger partial charge in [-0.1, -0.05) is 139 Å². The van der Waals surface area contributed by atoms with Gasteiger partial charge in [-0.25, -0.2) is 9.36 Å².